The van der Waals surface area contributed by atoms with Crippen LogP contribution in [-0.2, 0) is 4.74 Å². The van der Waals surface area contributed by atoms with E-state index in [0.717, 1.165) is 6.54 Å². The van der Waals surface area contributed by atoms with Crippen molar-refractivity contribution >= 4 is 6.09 Å². The Morgan fingerprint density at radius 2 is 1.87 bits per heavy atom. The lowest BCUT2D eigenvalue weighted by molar-refractivity contribution is 0.171. The van der Waals surface area contributed by atoms with Crippen molar-refractivity contribution in [1.29, 1.82) is 0 Å². The van der Waals surface area contributed by atoms with Gasteiger partial charge in [-0.2, -0.15) is 0 Å². The van der Waals surface area contributed by atoms with Gasteiger partial charge in [-0.05, 0) is 12.8 Å². The van der Waals surface area contributed by atoms with Crippen LogP contribution in [0.1, 0.15) is 38.5 Å². The van der Waals surface area contributed by atoms with E-state index in [4.69, 9.17) is 0 Å². The smallest absolute Gasteiger partial charge is 0.406 e. The van der Waals surface area contributed by atoms with Gasteiger partial charge in [-0.1, -0.05) is 25.7 Å². The standard InChI is InChI=1S/C11H22N2O2/c1-15-11(14)13-9-8-12-10-6-4-2-3-5-7-10/h10,12H,2-9H2,1H3,(H,13,14). The van der Waals surface area contributed by atoms with Gasteiger partial charge in [-0.3, -0.25) is 0 Å². The molecule has 0 aromatic heterocycles. The van der Waals surface area contributed by atoms with Gasteiger partial charge in [-0.15, -0.1) is 0 Å². The molecule has 0 aromatic carbocycles. The summed E-state index contributed by atoms with van der Waals surface area (Å²) in [7, 11) is 1.38. The Kier molecular flexibility index (Phi) is 6.16. The minimum absolute atomic E-state index is 0.349. The van der Waals surface area contributed by atoms with Crippen LogP contribution >= 0.6 is 0 Å². The summed E-state index contributed by atoms with van der Waals surface area (Å²) in [5, 5.41) is 6.13. The fourth-order valence-corrected chi connectivity index (χ4v) is 2.00. The number of nitrogens with one attached hydrogen (secondary N) is 2. The molecule has 1 saturated carbocycles. The second-order valence-electron chi connectivity index (χ2n) is 4.06. The first-order chi connectivity index (χ1) is 7.33. The number of alkyl carbamates (subject to hydrolysis) is 1. The maximum Gasteiger partial charge on any atom is 0.406 e. The van der Waals surface area contributed by atoms with Crippen molar-refractivity contribution in [2.24, 2.45) is 0 Å². The Bertz CT molecular complexity index is 177. The highest BCUT2D eigenvalue weighted by Gasteiger charge is 2.10. The van der Waals surface area contributed by atoms with Crippen LogP contribution in [0.4, 0.5) is 4.79 Å². The van der Waals surface area contributed by atoms with Crippen molar-refractivity contribution in [3.05, 3.63) is 0 Å². The van der Waals surface area contributed by atoms with Crippen molar-refractivity contribution in [3.63, 3.8) is 0 Å². The molecule has 1 aliphatic carbocycles. The molecule has 4 nitrogen and oxygen atoms in total. The Morgan fingerprint density at radius 3 is 2.47 bits per heavy atom. The molecule has 2 N–H and O–H groups in total. The molecule has 88 valence electrons. The Hall–Kier alpha value is -0.770. The normalized spacial score (nSPS) is 18.2. The predicted molar refractivity (Wildman–Crippen MR) is 59.9 cm³/mol. The summed E-state index contributed by atoms with van der Waals surface area (Å²) in [5.74, 6) is 0. The molecular formula is C11H22N2O2. The zero-order valence-electron chi connectivity index (χ0n) is 9.55. The molecule has 0 unspecified atom stereocenters. The third-order valence-corrected chi connectivity index (χ3v) is 2.87. The number of hydrogen-bond donors (Lipinski definition) is 2. The molecule has 0 aromatic rings. The lowest BCUT2D eigenvalue weighted by Gasteiger charge is -2.15. The van der Waals surface area contributed by atoms with Gasteiger partial charge in [0.05, 0.1) is 7.11 Å². The lowest BCUT2D eigenvalue weighted by atomic mass is 10.1. The van der Waals surface area contributed by atoms with Gasteiger partial charge in [0.25, 0.3) is 0 Å². The van der Waals surface area contributed by atoms with E-state index in [1.165, 1.54) is 45.6 Å². The maximum atomic E-state index is 10.8. The van der Waals surface area contributed by atoms with Crippen LogP contribution in [0.15, 0.2) is 0 Å². The number of amides is 1. The molecule has 1 fully saturated rings. The summed E-state index contributed by atoms with van der Waals surface area (Å²) in [6, 6.07) is 0.645. The zero-order chi connectivity index (χ0) is 10.9. The van der Waals surface area contributed by atoms with E-state index in [9.17, 15) is 4.79 Å². The van der Waals surface area contributed by atoms with Crippen LogP contribution in [0.3, 0.4) is 0 Å². The molecule has 1 rings (SSSR count). The van der Waals surface area contributed by atoms with Crippen molar-refractivity contribution in [3.8, 4) is 0 Å². The van der Waals surface area contributed by atoms with E-state index in [0.29, 0.717) is 12.6 Å². The first kappa shape index (κ1) is 12.3. The van der Waals surface area contributed by atoms with E-state index in [1.54, 1.807) is 0 Å². The summed E-state index contributed by atoms with van der Waals surface area (Å²) < 4.78 is 4.48. The molecule has 0 heterocycles. The average Bonchev–Trinajstić information content (AvgIpc) is 2.52. The Labute approximate surface area is 91.8 Å². The van der Waals surface area contributed by atoms with Gasteiger partial charge in [0.15, 0.2) is 0 Å². The number of rotatable bonds is 4. The number of carbonyl (C=O) groups excluding carboxylic acids is 1. The molecule has 0 bridgehead atoms. The molecule has 0 radical (unpaired) electrons. The van der Waals surface area contributed by atoms with Crippen LogP contribution in [0, 0.1) is 0 Å². The third kappa shape index (κ3) is 5.62. The van der Waals surface area contributed by atoms with E-state index < -0.39 is 0 Å². The quantitative estimate of drug-likeness (QED) is 0.552. The van der Waals surface area contributed by atoms with Crippen molar-refractivity contribution in [1.82, 2.24) is 10.6 Å². The minimum Gasteiger partial charge on any atom is -0.453 e. The van der Waals surface area contributed by atoms with Gasteiger partial charge in [0.2, 0.25) is 0 Å². The molecule has 4 heteroatoms. The van der Waals surface area contributed by atoms with Gasteiger partial charge >= 0.3 is 6.09 Å². The van der Waals surface area contributed by atoms with Gasteiger partial charge in [0.1, 0.15) is 0 Å². The third-order valence-electron chi connectivity index (χ3n) is 2.87. The fraction of sp³-hybridized carbons (Fsp3) is 0.909. The van der Waals surface area contributed by atoms with Crippen LogP contribution < -0.4 is 10.6 Å². The summed E-state index contributed by atoms with van der Waals surface area (Å²) in [5.41, 5.74) is 0. The Morgan fingerprint density at radius 1 is 1.20 bits per heavy atom. The first-order valence-corrected chi connectivity index (χ1v) is 5.88. The van der Waals surface area contributed by atoms with E-state index >= 15 is 0 Å². The second-order valence-corrected chi connectivity index (χ2v) is 4.06. The van der Waals surface area contributed by atoms with Gasteiger partial charge < -0.3 is 15.4 Å². The number of hydrogen-bond acceptors (Lipinski definition) is 3. The summed E-state index contributed by atoms with van der Waals surface area (Å²) in [6.45, 7) is 1.48. The van der Waals surface area contributed by atoms with Gasteiger partial charge in [0, 0.05) is 19.1 Å². The number of carbonyl (C=O) groups is 1. The largest absolute Gasteiger partial charge is 0.453 e. The summed E-state index contributed by atoms with van der Waals surface area (Å²) >= 11 is 0. The van der Waals surface area contributed by atoms with Crippen LogP contribution in [0.5, 0.6) is 0 Å². The van der Waals surface area contributed by atoms with Crippen molar-refractivity contribution in [2.45, 2.75) is 44.6 Å². The highest BCUT2D eigenvalue weighted by molar-refractivity contribution is 5.66. The highest BCUT2D eigenvalue weighted by atomic mass is 16.5. The molecule has 0 spiro atoms. The topological polar surface area (TPSA) is 50.4 Å². The van der Waals surface area contributed by atoms with Crippen molar-refractivity contribution in [2.75, 3.05) is 20.2 Å². The average molecular weight is 214 g/mol. The number of methoxy groups -OCH3 is 1. The monoisotopic (exact) mass is 214 g/mol. The molecule has 1 amide bonds. The van der Waals surface area contributed by atoms with E-state index in [-0.39, 0.29) is 6.09 Å². The first-order valence-electron chi connectivity index (χ1n) is 5.88. The number of ether oxygens (including phenoxy) is 1. The zero-order valence-corrected chi connectivity index (χ0v) is 9.55. The molecule has 0 saturated heterocycles. The second kappa shape index (κ2) is 7.51. The maximum absolute atomic E-state index is 10.8. The fourth-order valence-electron chi connectivity index (χ4n) is 2.00. The SMILES string of the molecule is COC(=O)NCCNC1CCCCCC1. The molecule has 0 atom stereocenters. The molecule has 0 aliphatic heterocycles. The van der Waals surface area contributed by atoms with Gasteiger partial charge in [-0.25, -0.2) is 4.79 Å². The Balaban J connectivity index is 2.00. The van der Waals surface area contributed by atoms with Crippen molar-refractivity contribution < 1.29 is 9.53 Å². The molecule has 1 aliphatic rings. The highest BCUT2D eigenvalue weighted by Crippen LogP contribution is 2.16. The van der Waals surface area contributed by atoms with Crippen LogP contribution in [0.2, 0.25) is 0 Å². The molecule has 15 heavy (non-hydrogen) atoms. The van der Waals surface area contributed by atoms with E-state index in [1.807, 2.05) is 0 Å². The molecular weight excluding hydrogens is 192 g/mol. The predicted octanol–water partition coefficient (Wildman–Crippen LogP) is 1.65. The minimum atomic E-state index is -0.349. The summed E-state index contributed by atoms with van der Waals surface area (Å²) in [4.78, 5) is 10.8. The van der Waals surface area contributed by atoms with Crippen LogP contribution in [0.25, 0.3) is 0 Å². The van der Waals surface area contributed by atoms with E-state index in [2.05, 4.69) is 15.4 Å². The van der Waals surface area contributed by atoms with Crippen LogP contribution in [-0.4, -0.2) is 32.3 Å². The lowest BCUT2D eigenvalue weighted by Crippen LogP contribution is -2.36. The summed E-state index contributed by atoms with van der Waals surface area (Å²) in [6.07, 6.45) is 7.62.